The molecule has 1 aromatic carbocycles. The van der Waals surface area contributed by atoms with Gasteiger partial charge in [0.2, 0.25) is 0 Å². The average Bonchev–Trinajstić information content (AvgIpc) is 2.53. The van der Waals surface area contributed by atoms with E-state index >= 15 is 0 Å². The highest BCUT2D eigenvalue weighted by molar-refractivity contribution is 6.17. The number of nitrogens with two attached hydrogens (primary N) is 1. The van der Waals surface area contributed by atoms with E-state index in [0.717, 1.165) is 0 Å². The molecule has 6 N–H and O–H groups in total. The molecule has 132 valence electrons. The lowest BCUT2D eigenvalue weighted by atomic mass is 9.94. The number of aromatic carboxylic acids is 2. The third-order valence-corrected chi connectivity index (χ3v) is 3.77. The van der Waals surface area contributed by atoms with Crippen LogP contribution in [0.4, 0.5) is 5.82 Å². The van der Waals surface area contributed by atoms with Crippen molar-refractivity contribution in [2.24, 2.45) is 0 Å². The van der Waals surface area contributed by atoms with Gasteiger partial charge in [-0.1, -0.05) is 0 Å². The highest BCUT2D eigenvalue weighted by Gasteiger charge is 2.27. The highest BCUT2D eigenvalue weighted by Crippen LogP contribution is 2.38. The number of halogens is 1. The molecule has 0 aliphatic rings. The van der Waals surface area contributed by atoms with Gasteiger partial charge in [-0.2, -0.15) is 0 Å². The third-order valence-electron chi connectivity index (χ3n) is 3.48. The molecule has 0 fully saturated rings. The van der Waals surface area contributed by atoms with Crippen LogP contribution in [0.1, 0.15) is 26.3 Å². The summed E-state index contributed by atoms with van der Waals surface area (Å²) in [5.74, 6) is -4.20. The van der Waals surface area contributed by atoms with Crippen molar-refractivity contribution in [3.63, 3.8) is 0 Å². The molecule has 0 aliphatic carbocycles. The van der Waals surface area contributed by atoms with E-state index in [0.29, 0.717) is 0 Å². The Morgan fingerprint density at radius 3 is 2.32 bits per heavy atom. The van der Waals surface area contributed by atoms with Gasteiger partial charge in [-0.05, 0) is 17.7 Å². The fourth-order valence-corrected chi connectivity index (χ4v) is 2.61. The van der Waals surface area contributed by atoms with Crippen molar-refractivity contribution >= 4 is 29.4 Å². The zero-order valence-electron chi connectivity index (χ0n) is 12.8. The van der Waals surface area contributed by atoms with Crippen LogP contribution in [-0.2, 0) is 5.88 Å². The number of aromatic nitrogens is 1. The molecular weight excluding hydrogens is 356 g/mol. The van der Waals surface area contributed by atoms with Crippen LogP contribution >= 0.6 is 11.6 Å². The predicted octanol–water partition coefficient (Wildman–Crippen LogP) is 1.47. The molecule has 0 atom stereocenters. The normalized spacial score (nSPS) is 10.5. The summed E-state index contributed by atoms with van der Waals surface area (Å²) in [6, 6.07) is 2.45. The first-order chi connectivity index (χ1) is 11.7. The zero-order valence-corrected chi connectivity index (χ0v) is 13.5. The van der Waals surface area contributed by atoms with Crippen molar-refractivity contribution in [3.05, 3.63) is 39.2 Å². The second-order valence-electron chi connectivity index (χ2n) is 4.92. The van der Waals surface area contributed by atoms with Gasteiger partial charge in [0.15, 0.2) is 11.5 Å². The Morgan fingerprint density at radius 2 is 1.84 bits per heavy atom. The van der Waals surface area contributed by atoms with Crippen molar-refractivity contribution in [3.8, 4) is 22.6 Å². The number of carbonyl (C=O) groups is 2. The number of ether oxygens (including phenoxy) is 1. The molecule has 9 nitrogen and oxygen atoms in total. The highest BCUT2D eigenvalue weighted by atomic mass is 35.5. The van der Waals surface area contributed by atoms with Crippen molar-refractivity contribution < 1.29 is 29.6 Å². The first-order valence-electron chi connectivity index (χ1n) is 6.71. The first kappa shape index (κ1) is 18.1. The molecule has 25 heavy (non-hydrogen) atoms. The van der Waals surface area contributed by atoms with E-state index in [-0.39, 0.29) is 28.5 Å². The number of alkyl halides is 1. The SMILES string of the molecule is COc1cc(-c2c(C(=O)O)c(N)[nH]c(=O)c2C(=O)O)cc(CCl)c1O. The van der Waals surface area contributed by atoms with E-state index < -0.39 is 40.0 Å². The fourth-order valence-electron chi connectivity index (χ4n) is 2.40. The fraction of sp³-hybridized carbons (Fsp3) is 0.133. The maximum atomic E-state index is 12.0. The summed E-state index contributed by atoms with van der Waals surface area (Å²) in [5.41, 5.74) is 2.84. The number of pyridine rings is 1. The second-order valence-corrected chi connectivity index (χ2v) is 5.19. The van der Waals surface area contributed by atoms with Crippen LogP contribution in [0.15, 0.2) is 16.9 Å². The van der Waals surface area contributed by atoms with E-state index in [1.165, 1.54) is 19.2 Å². The van der Waals surface area contributed by atoms with Crippen LogP contribution in [-0.4, -0.2) is 39.4 Å². The quantitative estimate of drug-likeness (QED) is 0.495. The minimum Gasteiger partial charge on any atom is -0.504 e. The molecule has 10 heteroatoms. The largest absolute Gasteiger partial charge is 0.504 e. The molecule has 1 heterocycles. The molecule has 0 amide bonds. The van der Waals surface area contributed by atoms with E-state index in [2.05, 4.69) is 0 Å². The van der Waals surface area contributed by atoms with Crippen molar-refractivity contribution in [2.75, 3.05) is 12.8 Å². The molecule has 0 radical (unpaired) electrons. The topological polar surface area (TPSA) is 163 Å². The van der Waals surface area contributed by atoms with Gasteiger partial charge in [0, 0.05) is 11.1 Å². The standard InChI is InChI=1S/C15H13ClN2O7/c1-25-7-3-5(2-6(4-16)11(7)19)8-9(14(21)22)12(17)18-13(20)10(8)15(23)24/h2-3,19H,4H2,1H3,(H,21,22)(H,23,24)(H3,17,18,20). The first-order valence-corrected chi connectivity index (χ1v) is 7.24. The zero-order chi connectivity index (χ0) is 18.9. The minimum absolute atomic E-state index is 0.00194. The van der Waals surface area contributed by atoms with Crippen LogP contribution in [0.5, 0.6) is 11.5 Å². The van der Waals surface area contributed by atoms with Crippen molar-refractivity contribution in [1.29, 1.82) is 0 Å². The number of phenols is 1. The molecule has 1 aromatic heterocycles. The minimum atomic E-state index is -1.64. The number of phenolic OH excluding ortho intramolecular Hbond substituents is 1. The van der Waals surface area contributed by atoms with E-state index in [4.69, 9.17) is 22.1 Å². The van der Waals surface area contributed by atoms with Crippen LogP contribution in [0.3, 0.4) is 0 Å². The molecule has 0 aliphatic heterocycles. The second kappa shape index (κ2) is 6.73. The lowest BCUT2D eigenvalue weighted by molar-refractivity contribution is 0.0695. The summed E-state index contributed by atoms with van der Waals surface area (Å²) in [4.78, 5) is 37.1. The number of benzene rings is 1. The number of hydrogen-bond donors (Lipinski definition) is 5. The molecule has 0 unspecified atom stereocenters. The van der Waals surface area contributed by atoms with E-state index in [9.17, 15) is 29.7 Å². The van der Waals surface area contributed by atoms with Crippen LogP contribution in [0.25, 0.3) is 11.1 Å². The summed E-state index contributed by atoms with van der Waals surface area (Å²) in [5, 5.41) is 28.8. The number of carboxylic acid groups (broad SMARTS) is 2. The molecule has 0 saturated carbocycles. The molecular formula is C15H13ClN2O7. The van der Waals surface area contributed by atoms with Gasteiger partial charge >= 0.3 is 11.9 Å². The van der Waals surface area contributed by atoms with Gasteiger partial charge in [0.25, 0.3) is 5.56 Å². The molecule has 2 rings (SSSR count). The average molecular weight is 369 g/mol. The Morgan fingerprint density at radius 1 is 1.24 bits per heavy atom. The Labute approximate surface area is 145 Å². The Kier molecular flexibility index (Phi) is 4.89. The lowest BCUT2D eigenvalue weighted by Crippen LogP contribution is -2.24. The van der Waals surface area contributed by atoms with Gasteiger partial charge < -0.3 is 30.8 Å². The monoisotopic (exact) mass is 368 g/mol. The van der Waals surface area contributed by atoms with Crippen LogP contribution < -0.4 is 16.0 Å². The number of carboxylic acids is 2. The maximum absolute atomic E-state index is 12.0. The third kappa shape index (κ3) is 3.09. The number of H-pyrrole nitrogens is 1. The number of nitrogens with one attached hydrogen (secondary N) is 1. The number of rotatable bonds is 5. The number of nitrogen functional groups attached to an aromatic ring is 1. The summed E-state index contributed by atoms with van der Waals surface area (Å²) in [6.45, 7) is 0. The van der Waals surface area contributed by atoms with Crippen molar-refractivity contribution in [2.45, 2.75) is 5.88 Å². The summed E-state index contributed by atoms with van der Waals surface area (Å²) < 4.78 is 4.99. The van der Waals surface area contributed by atoms with Gasteiger partial charge in [-0.3, -0.25) is 4.79 Å². The van der Waals surface area contributed by atoms with Crippen LogP contribution in [0, 0.1) is 0 Å². The number of methoxy groups -OCH3 is 1. The number of anilines is 1. The molecule has 0 spiro atoms. The maximum Gasteiger partial charge on any atom is 0.342 e. The summed E-state index contributed by atoms with van der Waals surface area (Å²) in [6.07, 6.45) is 0. The van der Waals surface area contributed by atoms with E-state index in [1.807, 2.05) is 4.98 Å². The van der Waals surface area contributed by atoms with Gasteiger partial charge in [0.1, 0.15) is 16.9 Å². The number of aromatic hydroxyl groups is 1. The smallest absolute Gasteiger partial charge is 0.342 e. The Balaban J connectivity index is 3.03. The van der Waals surface area contributed by atoms with Gasteiger partial charge in [-0.15, -0.1) is 11.6 Å². The number of aromatic amines is 1. The lowest BCUT2D eigenvalue weighted by Gasteiger charge is -2.15. The van der Waals surface area contributed by atoms with Crippen LogP contribution in [0.2, 0.25) is 0 Å². The molecule has 0 saturated heterocycles. The Hall–Kier alpha value is -3.20. The van der Waals surface area contributed by atoms with Crippen molar-refractivity contribution in [1.82, 2.24) is 4.98 Å². The summed E-state index contributed by atoms with van der Waals surface area (Å²) >= 11 is 5.75. The Bertz CT molecular complexity index is 911. The molecule has 2 aromatic rings. The van der Waals surface area contributed by atoms with Gasteiger partial charge in [-0.25, -0.2) is 9.59 Å². The molecule has 0 bridgehead atoms. The predicted molar refractivity (Wildman–Crippen MR) is 88.6 cm³/mol. The summed E-state index contributed by atoms with van der Waals surface area (Å²) in [7, 11) is 1.25. The van der Waals surface area contributed by atoms with Gasteiger partial charge in [0.05, 0.1) is 13.0 Å². The van der Waals surface area contributed by atoms with E-state index in [1.54, 1.807) is 0 Å². The number of hydrogen-bond acceptors (Lipinski definition) is 6.